The first-order valence-corrected chi connectivity index (χ1v) is 3.98. The van der Waals surface area contributed by atoms with Gasteiger partial charge in [0.2, 0.25) is 0 Å². The lowest BCUT2D eigenvalue weighted by atomic mass is 10.2. The Morgan fingerprint density at radius 2 is 2.25 bits per heavy atom. The van der Waals surface area contributed by atoms with E-state index in [9.17, 15) is 9.59 Å². The van der Waals surface area contributed by atoms with Crippen molar-refractivity contribution in [1.29, 1.82) is 0 Å². The van der Waals surface area contributed by atoms with Gasteiger partial charge in [-0.2, -0.15) is 0 Å². The molecule has 1 heterocycles. The average Bonchev–Trinajstić information content (AvgIpc) is 2.48. The van der Waals surface area contributed by atoms with Gasteiger partial charge in [0.15, 0.2) is 0 Å². The zero-order chi connectivity index (χ0) is 9.14. The summed E-state index contributed by atoms with van der Waals surface area (Å²) in [5, 5.41) is 0. The molecule has 5 heteroatoms. The Hall–Kier alpha value is -1.10. The van der Waals surface area contributed by atoms with Gasteiger partial charge in [-0.05, 0) is 19.8 Å². The summed E-state index contributed by atoms with van der Waals surface area (Å²) in [6, 6.07) is 0.162. The Labute approximate surface area is 70.9 Å². The van der Waals surface area contributed by atoms with Crippen molar-refractivity contribution in [2.24, 2.45) is 5.84 Å². The van der Waals surface area contributed by atoms with Gasteiger partial charge in [-0.15, -0.1) is 0 Å². The third-order valence-corrected chi connectivity index (χ3v) is 2.14. The number of nitrogens with two attached hydrogens (primary N) is 1. The quantitative estimate of drug-likeness (QED) is 0.212. The molecule has 0 aliphatic carbocycles. The van der Waals surface area contributed by atoms with E-state index in [2.05, 4.69) is 0 Å². The molecule has 5 nitrogen and oxygen atoms in total. The normalized spacial score (nSPS) is 22.5. The molecule has 12 heavy (non-hydrogen) atoms. The highest BCUT2D eigenvalue weighted by Gasteiger charge is 2.28. The van der Waals surface area contributed by atoms with Gasteiger partial charge in [0.25, 0.3) is 0 Å². The number of hydrogen-bond acceptors (Lipinski definition) is 3. The van der Waals surface area contributed by atoms with Crippen molar-refractivity contribution in [2.75, 3.05) is 6.54 Å². The van der Waals surface area contributed by atoms with Crippen LogP contribution in [0.15, 0.2) is 0 Å². The van der Waals surface area contributed by atoms with E-state index in [1.165, 1.54) is 0 Å². The third-order valence-electron chi connectivity index (χ3n) is 2.14. The zero-order valence-corrected chi connectivity index (χ0v) is 7.04. The standard InChI is InChI=1S/C7H13N3O2/c1-5-3-2-4-10(5)7(12)6(11)9-8/h5H,2-4,8H2,1H3,(H,9,11). The van der Waals surface area contributed by atoms with Gasteiger partial charge in [-0.1, -0.05) is 0 Å². The zero-order valence-electron chi connectivity index (χ0n) is 7.04. The Bertz CT molecular complexity index is 205. The van der Waals surface area contributed by atoms with Crippen molar-refractivity contribution in [1.82, 2.24) is 10.3 Å². The van der Waals surface area contributed by atoms with Gasteiger partial charge in [0, 0.05) is 12.6 Å². The maximum Gasteiger partial charge on any atom is 0.323 e. The Morgan fingerprint density at radius 1 is 1.58 bits per heavy atom. The first kappa shape index (κ1) is 8.99. The Morgan fingerprint density at radius 3 is 2.67 bits per heavy atom. The van der Waals surface area contributed by atoms with E-state index in [1.807, 2.05) is 12.3 Å². The fraction of sp³-hybridized carbons (Fsp3) is 0.714. The molecular weight excluding hydrogens is 158 g/mol. The Kier molecular flexibility index (Phi) is 2.65. The van der Waals surface area contributed by atoms with Crippen molar-refractivity contribution in [3.8, 4) is 0 Å². The molecule has 0 aromatic heterocycles. The van der Waals surface area contributed by atoms with E-state index in [0.717, 1.165) is 12.8 Å². The highest BCUT2D eigenvalue weighted by molar-refractivity contribution is 6.34. The van der Waals surface area contributed by atoms with Crippen LogP contribution in [0.3, 0.4) is 0 Å². The summed E-state index contributed by atoms with van der Waals surface area (Å²) in [4.78, 5) is 23.6. The summed E-state index contributed by atoms with van der Waals surface area (Å²) in [6.07, 6.45) is 1.92. The fourth-order valence-electron chi connectivity index (χ4n) is 1.43. The largest absolute Gasteiger partial charge is 0.332 e. The van der Waals surface area contributed by atoms with Crippen molar-refractivity contribution in [3.63, 3.8) is 0 Å². The number of likely N-dealkylation sites (tertiary alicyclic amines) is 1. The van der Waals surface area contributed by atoms with E-state index < -0.39 is 11.8 Å². The van der Waals surface area contributed by atoms with Crippen LogP contribution in [0, 0.1) is 0 Å². The summed E-state index contributed by atoms with van der Waals surface area (Å²) >= 11 is 0. The highest BCUT2D eigenvalue weighted by atomic mass is 16.2. The van der Waals surface area contributed by atoms with Gasteiger partial charge in [0.05, 0.1) is 0 Å². The Balaban J connectivity index is 2.57. The molecule has 0 bridgehead atoms. The van der Waals surface area contributed by atoms with Crippen molar-refractivity contribution >= 4 is 11.8 Å². The molecule has 68 valence electrons. The molecule has 1 unspecified atom stereocenters. The lowest BCUT2D eigenvalue weighted by Crippen LogP contribution is -2.46. The lowest BCUT2D eigenvalue weighted by Gasteiger charge is -2.19. The summed E-state index contributed by atoms with van der Waals surface area (Å²) < 4.78 is 0. The van der Waals surface area contributed by atoms with E-state index in [1.54, 1.807) is 4.90 Å². The van der Waals surface area contributed by atoms with Gasteiger partial charge < -0.3 is 4.90 Å². The van der Waals surface area contributed by atoms with Gasteiger partial charge in [0.1, 0.15) is 0 Å². The van der Waals surface area contributed by atoms with Crippen LogP contribution < -0.4 is 11.3 Å². The SMILES string of the molecule is CC1CCCN1C(=O)C(=O)NN. The second-order valence-corrected chi connectivity index (χ2v) is 2.96. The molecule has 1 aliphatic heterocycles. The maximum absolute atomic E-state index is 11.2. The van der Waals surface area contributed by atoms with Crippen molar-refractivity contribution in [2.45, 2.75) is 25.8 Å². The van der Waals surface area contributed by atoms with Gasteiger partial charge >= 0.3 is 11.8 Å². The molecule has 1 aliphatic rings. The molecular formula is C7H13N3O2. The molecule has 1 rings (SSSR count). The van der Waals surface area contributed by atoms with Crippen LogP contribution in [0.25, 0.3) is 0 Å². The molecule has 2 amide bonds. The van der Waals surface area contributed by atoms with Gasteiger partial charge in [-0.3, -0.25) is 15.0 Å². The maximum atomic E-state index is 11.2. The number of hydrogen-bond donors (Lipinski definition) is 2. The minimum Gasteiger partial charge on any atom is -0.332 e. The van der Waals surface area contributed by atoms with Crippen LogP contribution in [0.4, 0.5) is 0 Å². The smallest absolute Gasteiger partial charge is 0.323 e. The second kappa shape index (κ2) is 3.53. The summed E-state index contributed by atoms with van der Waals surface area (Å²) in [5.41, 5.74) is 1.83. The molecule has 0 aromatic carbocycles. The monoisotopic (exact) mass is 171 g/mol. The number of nitrogens with zero attached hydrogens (tertiary/aromatic N) is 1. The van der Waals surface area contributed by atoms with E-state index in [-0.39, 0.29) is 6.04 Å². The van der Waals surface area contributed by atoms with E-state index in [0.29, 0.717) is 6.54 Å². The summed E-state index contributed by atoms with van der Waals surface area (Å²) in [5.74, 6) is 3.58. The number of rotatable bonds is 0. The molecule has 0 spiro atoms. The number of carbonyl (C=O) groups is 2. The molecule has 1 saturated heterocycles. The predicted molar refractivity (Wildman–Crippen MR) is 42.7 cm³/mol. The second-order valence-electron chi connectivity index (χ2n) is 2.96. The minimum absolute atomic E-state index is 0.162. The van der Waals surface area contributed by atoms with Crippen LogP contribution in [-0.2, 0) is 9.59 Å². The number of carbonyl (C=O) groups excluding carboxylic acids is 2. The molecule has 1 fully saturated rings. The van der Waals surface area contributed by atoms with Crippen LogP contribution in [0.2, 0.25) is 0 Å². The molecule has 3 N–H and O–H groups in total. The average molecular weight is 171 g/mol. The number of hydrazine groups is 1. The number of amides is 2. The first-order chi connectivity index (χ1) is 5.66. The van der Waals surface area contributed by atoms with E-state index >= 15 is 0 Å². The van der Waals surface area contributed by atoms with Crippen LogP contribution in [0.5, 0.6) is 0 Å². The van der Waals surface area contributed by atoms with Gasteiger partial charge in [-0.25, -0.2) is 5.84 Å². The summed E-state index contributed by atoms with van der Waals surface area (Å²) in [7, 11) is 0. The summed E-state index contributed by atoms with van der Waals surface area (Å²) in [6.45, 7) is 2.59. The molecule has 0 radical (unpaired) electrons. The predicted octanol–water partition coefficient (Wildman–Crippen LogP) is -1.01. The third kappa shape index (κ3) is 1.55. The lowest BCUT2D eigenvalue weighted by molar-refractivity contribution is -0.146. The molecule has 0 aromatic rings. The topological polar surface area (TPSA) is 75.4 Å². The number of nitrogens with one attached hydrogen (secondary N) is 1. The molecule has 0 saturated carbocycles. The van der Waals surface area contributed by atoms with Crippen molar-refractivity contribution < 1.29 is 9.59 Å². The van der Waals surface area contributed by atoms with Crippen LogP contribution >= 0.6 is 0 Å². The molecule has 1 atom stereocenters. The van der Waals surface area contributed by atoms with Crippen molar-refractivity contribution in [3.05, 3.63) is 0 Å². The van der Waals surface area contributed by atoms with E-state index in [4.69, 9.17) is 5.84 Å². The highest BCUT2D eigenvalue weighted by Crippen LogP contribution is 2.15. The minimum atomic E-state index is -0.733. The van der Waals surface area contributed by atoms with Crippen LogP contribution in [0.1, 0.15) is 19.8 Å². The fourth-order valence-corrected chi connectivity index (χ4v) is 1.43. The van der Waals surface area contributed by atoms with Crippen LogP contribution in [-0.4, -0.2) is 29.3 Å². The first-order valence-electron chi connectivity index (χ1n) is 3.98.